The number of carbonyl (C=O) groups is 1. The minimum Gasteiger partial charge on any atom is -0.391 e. The van der Waals surface area contributed by atoms with Crippen LogP contribution < -0.4 is 5.32 Å². The Hall–Kier alpha value is -1.83. The number of nitrogens with one attached hydrogen (secondary N) is 1. The van der Waals surface area contributed by atoms with Crippen LogP contribution in [0.1, 0.15) is 30.4 Å². The standard InChI is InChI=1S/C19H24N2O2/c1-2-14-3-5-15(6-4-14)12-21-10-9-17(18(22)13-21)11-20-19(23)16-7-8-16/h1,3-6,16-18,22H,7-13H2,(H,20,23)/t17-,18+/m0/s1. The second kappa shape index (κ2) is 7.16. The van der Waals surface area contributed by atoms with Crippen molar-refractivity contribution in [1.29, 1.82) is 0 Å². The van der Waals surface area contributed by atoms with Gasteiger partial charge in [-0.05, 0) is 43.5 Å². The van der Waals surface area contributed by atoms with E-state index in [1.807, 2.05) is 24.3 Å². The number of rotatable bonds is 5. The lowest BCUT2D eigenvalue weighted by Gasteiger charge is -2.36. The van der Waals surface area contributed by atoms with Crippen molar-refractivity contribution in [2.75, 3.05) is 19.6 Å². The molecule has 1 aliphatic carbocycles. The first-order chi connectivity index (χ1) is 11.2. The van der Waals surface area contributed by atoms with Gasteiger partial charge in [0.15, 0.2) is 0 Å². The molecule has 4 heteroatoms. The molecule has 2 N–H and O–H groups in total. The Balaban J connectivity index is 1.45. The third-order valence-corrected chi connectivity index (χ3v) is 4.82. The normalized spacial score (nSPS) is 24.9. The summed E-state index contributed by atoms with van der Waals surface area (Å²) in [5.74, 6) is 3.18. The predicted octanol–water partition coefficient (Wildman–Crippen LogP) is 1.38. The van der Waals surface area contributed by atoms with E-state index in [2.05, 4.69) is 16.1 Å². The maximum absolute atomic E-state index is 11.7. The van der Waals surface area contributed by atoms with Crippen molar-refractivity contribution >= 4 is 5.91 Å². The zero-order valence-electron chi connectivity index (χ0n) is 13.4. The van der Waals surface area contributed by atoms with Crippen LogP contribution in [-0.2, 0) is 11.3 Å². The van der Waals surface area contributed by atoms with E-state index in [-0.39, 0.29) is 23.8 Å². The highest BCUT2D eigenvalue weighted by molar-refractivity contribution is 5.80. The highest BCUT2D eigenvalue weighted by atomic mass is 16.3. The van der Waals surface area contributed by atoms with E-state index in [1.54, 1.807) is 0 Å². The molecule has 0 unspecified atom stereocenters. The summed E-state index contributed by atoms with van der Waals surface area (Å²) in [6.07, 6.45) is 7.93. The quantitative estimate of drug-likeness (QED) is 0.808. The number of piperidine rings is 1. The molecule has 0 spiro atoms. The van der Waals surface area contributed by atoms with Gasteiger partial charge in [-0.3, -0.25) is 9.69 Å². The number of amides is 1. The maximum atomic E-state index is 11.7. The van der Waals surface area contributed by atoms with Crippen LogP contribution in [0.3, 0.4) is 0 Å². The van der Waals surface area contributed by atoms with E-state index >= 15 is 0 Å². The van der Waals surface area contributed by atoms with Crippen LogP contribution in [0.25, 0.3) is 0 Å². The third-order valence-electron chi connectivity index (χ3n) is 4.82. The molecule has 0 aromatic heterocycles. The zero-order chi connectivity index (χ0) is 16.2. The Kier molecular flexibility index (Phi) is 5.00. The summed E-state index contributed by atoms with van der Waals surface area (Å²) in [5.41, 5.74) is 2.09. The first kappa shape index (κ1) is 16.0. The average molecular weight is 312 g/mol. The van der Waals surface area contributed by atoms with Crippen LogP contribution in [-0.4, -0.2) is 41.7 Å². The summed E-state index contributed by atoms with van der Waals surface area (Å²) in [4.78, 5) is 14.0. The van der Waals surface area contributed by atoms with E-state index in [1.165, 1.54) is 5.56 Å². The van der Waals surface area contributed by atoms with E-state index < -0.39 is 0 Å². The Labute approximate surface area is 137 Å². The Morgan fingerprint density at radius 3 is 2.65 bits per heavy atom. The Morgan fingerprint density at radius 2 is 2.04 bits per heavy atom. The lowest BCUT2D eigenvalue weighted by molar-refractivity contribution is -0.122. The largest absolute Gasteiger partial charge is 0.391 e. The lowest BCUT2D eigenvalue weighted by atomic mass is 9.93. The van der Waals surface area contributed by atoms with E-state index in [0.717, 1.165) is 37.9 Å². The summed E-state index contributed by atoms with van der Waals surface area (Å²) in [6.45, 7) is 3.02. The van der Waals surface area contributed by atoms with Crippen molar-refractivity contribution < 1.29 is 9.90 Å². The minimum absolute atomic E-state index is 0.160. The van der Waals surface area contributed by atoms with Gasteiger partial charge in [0.25, 0.3) is 0 Å². The molecule has 3 rings (SSSR count). The molecule has 1 saturated heterocycles. The number of terminal acetylenes is 1. The molecule has 1 amide bonds. The average Bonchev–Trinajstić information content (AvgIpc) is 3.39. The van der Waals surface area contributed by atoms with Crippen molar-refractivity contribution in [2.45, 2.75) is 31.9 Å². The van der Waals surface area contributed by atoms with Crippen molar-refractivity contribution in [3.63, 3.8) is 0 Å². The molecule has 1 aromatic carbocycles. The number of carbonyl (C=O) groups excluding carboxylic acids is 1. The second-order valence-corrected chi connectivity index (χ2v) is 6.71. The van der Waals surface area contributed by atoms with Crippen molar-refractivity contribution in [3.05, 3.63) is 35.4 Å². The molecule has 0 radical (unpaired) electrons. The fourth-order valence-corrected chi connectivity index (χ4v) is 3.11. The van der Waals surface area contributed by atoms with Gasteiger partial charge < -0.3 is 10.4 Å². The highest BCUT2D eigenvalue weighted by Gasteiger charge is 2.32. The summed E-state index contributed by atoms with van der Waals surface area (Å²) in [6, 6.07) is 7.99. The van der Waals surface area contributed by atoms with Crippen LogP contribution in [0.2, 0.25) is 0 Å². The molecule has 1 saturated carbocycles. The molecule has 122 valence electrons. The van der Waals surface area contributed by atoms with Gasteiger partial charge in [0.05, 0.1) is 6.10 Å². The molecule has 1 aliphatic heterocycles. The molecule has 2 aliphatic rings. The monoisotopic (exact) mass is 312 g/mol. The van der Waals surface area contributed by atoms with Gasteiger partial charge in [-0.1, -0.05) is 18.1 Å². The van der Waals surface area contributed by atoms with Crippen LogP contribution in [0, 0.1) is 24.2 Å². The summed E-state index contributed by atoms with van der Waals surface area (Å²) >= 11 is 0. The summed E-state index contributed by atoms with van der Waals surface area (Å²) in [7, 11) is 0. The number of aliphatic hydroxyl groups excluding tert-OH is 1. The van der Waals surface area contributed by atoms with Crippen LogP contribution in [0.15, 0.2) is 24.3 Å². The third kappa shape index (κ3) is 4.34. The number of likely N-dealkylation sites (tertiary alicyclic amines) is 1. The molecule has 4 nitrogen and oxygen atoms in total. The molecule has 2 atom stereocenters. The summed E-state index contributed by atoms with van der Waals surface area (Å²) in [5, 5.41) is 13.3. The van der Waals surface area contributed by atoms with Crippen molar-refractivity contribution in [2.24, 2.45) is 11.8 Å². The molecule has 1 aromatic rings. The first-order valence-electron chi connectivity index (χ1n) is 8.39. The number of benzene rings is 1. The summed E-state index contributed by atoms with van der Waals surface area (Å²) < 4.78 is 0. The number of β-amino-alcohol motifs (C(OH)–C–C–N with tert-alkyl or cyclic N) is 1. The molecule has 1 heterocycles. The van der Waals surface area contributed by atoms with Gasteiger partial charge in [-0.15, -0.1) is 6.42 Å². The number of hydrogen-bond acceptors (Lipinski definition) is 3. The lowest BCUT2D eigenvalue weighted by Crippen LogP contribution is -2.47. The molecule has 2 fully saturated rings. The zero-order valence-corrected chi connectivity index (χ0v) is 13.4. The second-order valence-electron chi connectivity index (χ2n) is 6.71. The van der Waals surface area contributed by atoms with Gasteiger partial charge >= 0.3 is 0 Å². The Bertz CT molecular complexity index is 586. The molecular weight excluding hydrogens is 288 g/mol. The van der Waals surface area contributed by atoms with Crippen molar-refractivity contribution in [1.82, 2.24) is 10.2 Å². The highest BCUT2D eigenvalue weighted by Crippen LogP contribution is 2.29. The van der Waals surface area contributed by atoms with Gasteiger partial charge in [-0.25, -0.2) is 0 Å². The SMILES string of the molecule is C#Cc1ccc(CN2CC[C@@H](CNC(=O)C3CC3)[C@H](O)C2)cc1. The molecule has 0 bridgehead atoms. The van der Waals surface area contributed by atoms with Gasteiger partial charge in [0.2, 0.25) is 5.91 Å². The fraction of sp³-hybridized carbons (Fsp3) is 0.526. The van der Waals surface area contributed by atoms with Crippen molar-refractivity contribution in [3.8, 4) is 12.3 Å². The predicted molar refractivity (Wildman–Crippen MR) is 89.5 cm³/mol. The van der Waals surface area contributed by atoms with Gasteiger partial charge in [0, 0.05) is 37.0 Å². The van der Waals surface area contributed by atoms with E-state index in [9.17, 15) is 9.90 Å². The van der Waals surface area contributed by atoms with Crippen LogP contribution in [0.5, 0.6) is 0 Å². The topological polar surface area (TPSA) is 52.6 Å². The van der Waals surface area contributed by atoms with Crippen LogP contribution >= 0.6 is 0 Å². The maximum Gasteiger partial charge on any atom is 0.223 e. The number of aliphatic hydroxyl groups is 1. The molecular formula is C19H24N2O2. The smallest absolute Gasteiger partial charge is 0.223 e. The molecule has 23 heavy (non-hydrogen) atoms. The van der Waals surface area contributed by atoms with Gasteiger partial charge in [0.1, 0.15) is 0 Å². The first-order valence-corrected chi connectivity index (χ1v) is 8.39. The Morgan fingerprint density at radius 1 is 1.30 bits per heavy atom. The van der Waals surface area contributed by atoms with Crippen LogP contribution in [0.4, 0.5) is 0 Å². The number of hydrogen-bond donors (Lipinski definition) is 2. The fourth-order valence-electron chi connectivity index (χ4n) is 3.11. The minimum atomic E-state index is -0.381. The van der Waals surface area contributed by atoms with E-state index in [0.29, 0.717) is 13.1 Å². The van der Waals surface area contributed by atoms with Gasteiger partial charge in [-0.2, -0.15) is 0 Å². The number of nitrogens with zero attached hydrogens (tertiary/aromatic N) is 1. The van der Waals surface area contributed by atoms with E-state index in [4.69, 9.17) is 6.42 Å².